The molecule has 1 aromatic heterocycles. The van der Waals surface area contributed by atoms with Crippen LogP contribution in [0, 0.1) is 6.92 Å². The summed E-state index contributed by atoms with van der Waals surface area (Å²) in [6.45, 7) is 2.25. The molecule has 1 heterocycles. The van der Waals surface area contributed by atoms with E-state index in [0.29, 0.717) is 17.0 Å². The van der Waals surface area contributed by atoms with Crippen molar-refractivity contribution in [3.63, 3.8) is 0 Å². The van der Waals surface area contributed by atoms with E-state index in [-0.39, 0.29) is 18.0 Å². The van der Waals surface area contributed by atoms with Crippen molar-refractivity contribution in [2.24, 2.45) is 0 Å². The van der Waals surface area contributed by atoms with E-state index >= 15 is 0 Å². The number of aryl methyl sites for hydroxylation is 1. The van der Waals surface area contributed by atoms with E-state index in [2.05, 4.69) is 10.4 Å². The molecule has 26 heavy (non-hydrogen) atoms. The number of halogens is 1. The number of benzene rings is 2. The molecular weight excluding hydrogens is 370 g/mol. The third-order valence-electron chi connectivity index (χ3n) is 3.85. The van der Waals surface area contributed by atoms with Gasteiger partial charge >= 0.3 is 0 Å². The van der Waals surface area contributed by atoms with Crippen LogP contribution in [0.4, 0.5) is 0 Å². The average Bonchev–Trinajstić information content (AvgIpc) is 2.64. The van der Waals surface area contributed by atoms with Crippen molar-refractivity contribution in [1.29, 1.82) is 0 Å². The molecule has 3 aromatic rings. The zero-order valence-electron chi connectivity index (χ0n) is 14.2. The molecule has 7 heteroatoms. The molecule has 5 nitrogen and oxygen atoms in total. The van der Waals surface area contributed by atoms with Crippen LogP contribution in [-0.4, -0.2) is 28.0 Å². The van der Waals surface area contributed by atoms with Gasteiger partial charge < -0.3 is 5.32 Å². The molecule has 0 bridgehead atoms. The normalized spacial score (nSPS) is 10.8. The van der Waals surface area contributed by atoms with Crippen LogP contribution in [0.2, 0.25) is 5.02 Å². The molecule has 2 aromatic carbocycles. The molecule has 0 spiro atoms. The number of fused-ring (bicyclic) bond motifs is 1. The minimum atomic E-state index is -0.253. The maximum Gasteiger partial charge on any atom is 0.275 e. The Morgan fingerprint density at radius 1 is 1.15 bits per heavy atom. The first-order valence-corrected chi connectivity index (χ1v) is 9.52. The fourth-order valence-corrected chi connectivity index (χ4v) is 3.49. The molecule has 0 aliphatic heterocycles. The number of aromatic nitrogens is 2. The molecule has 0 unspecified atom stereocenters. The lowest BCUT2D eigenvalue weighted by Gasteiger charge is -2.09. The van der Waals surface area contributed by atoms with Crippen molar-refractivity contribution < 1.29 is 4.79 Å². The summed E-state index contributed by atoms with van der Waals surface area (Å²) in [5.74, 6) is 0.498. The van der Waals surface area contributed by atoms with Crippen molar-refractivity contribution in [2.75, 3.05) is 12.3 Å². The molecule has 0 aliphatic carbocycles. The summed E-state index contributed by atoms with van der Waals surface area (Å²) in [7, 11) is 0. The van der Waals surface area contributed by atoms with Crippen molar-refractivity contribution >= 4 is 40.0 Å². The highest BCUT2D eigenvalue weighted by molar-refractivity contribution is 7.99. The summed E-state index contributed by atoms with van der Waals surface area (Å²) < 4.78 is 1.22. The van der Waals surface area contributed by atoms with Crippen LogP contribution in [0.3, 0.4) is 0 Å². The second-order valence-electron chi connectivity index (χ2n) is 5.75. The first-order valence-electron chi connectivity index (χ1n) is 8.16. The van der Waals surface area contributed by atoms with Gasteiger partial charge in [0.2, 0.25) is 5.91 Å². The van der Waals surface area contributed by atoms with Gasteiger partial charge in [0.05, 0.1) is 11.1 Å². The third kappa shape index (κ3) is 4.45. The van der Waals surface area contributed by atoms with Crippen LogP contribution in [0.15, 0.2) is 58.2 Å². The van der Waals surface area contributed by atoms with Crippen LogP contribution in [0.25, 0.3) is 10.8 Å². The van der Waals surface area contributed by atoms with E-state index < -0.39 is 0 Å². The fraction of sp³-hybridized carbons (Fsp3) is 0.211. The number of hydrogen-bond acceptors (Lipinski definition) is 4. The van der Waals surface area contributed by atoms with Gasteiger partial charge in [-0.15, -0.1) is 11.8 Å². The van der Waals surface area contributed by atoms with Gasteiger partial charge in [-0.25, -0.2) is 4.68 Å². The zero-order valence-corrected chi connectivity index (χ0v) is 15.8. The molecule has 1 N–H and O–H groups in total. The highest BCUT2D eigenvalue weighted by Crippen LogP contribution is 2.19. The minimum absolute atomic E-state index is 0.0872. The highest BCUT2D eigenvalue weighted by atomic mass is 35.5. The van der Waals surface area contributed by atoms with E-state index in [0.717, 1.165) is 21.7 Å². The number of amides is 1. The lowest BCUT2D eigenvalue weighted by Crippen LogP contribution is -2.35. The Labute approximate surface area is 160 Å². The van der Waals surface area contributed by atoms with Crippen molar-refractivity contribution in [2.45, 2.75) is 18.4 Å². The predicted octanol–water partition coefficient (Wildman–Crippen LogP) is 3.27. The van der Waals surface area contributed by atoms with Gasteiger partial charge in [0, 0.05) is 27.6 Å². The lowest BCUT2D eigenvalue weighted by atomic mass is 10.1. The molecule has 3 rings (SSSR count). The highest BCUT2D eigenvalue weighted by Gasteiger charge is 2.10. The third-order valence-corrected chi connectivity index (χ3v) is 5.12. The van der Waals surface area contributed by atoms with Crippen molar-refractivity contribution in [3.8, 4) is 0 Å². The predicted molar refractivity (Wildman–Crippen MR) is 106 cm³/mol. The maximum absolute atomic E-state index is 12.5. The Balaban J connectivity index is 1.56. The van der Waals surface area contributed by atoms with Gasteiger partial charge in [0.25, 0.3) is 5.56 Å². The van der Waals surface area contributed by atoms with Crippen molar-refractivity contribution in [3.05, 3.63) is 69.6 Å². The first-order chi connectivity index (χ1) is 12.5. The van der Waals surface area contributed by atoms with E-state index in [1.807, 2.05) is 49.4 Å². The number of nitrogens with one attached hydrogen (secondary N) is 1. The van der Waals surface area contributed by atoms with Crippen LogP contribution < -0.4 is 10.9 Å². The SMILES string of the molecule is Cc1nn(CC(=O)NCCSc2ccc(Cl)cc2)c(=O)c2ccccc12. The number of nitrogens with zero attached hydrogens (tertiary/aromatic N) is 2. The topological polar surface area (TPSA) is 64.0 Å². The monoisotopic (exact) mass is 387 g/mol. The Hall–Kier alpha value is -2.31. The van der Waals surface area contributed by atoms with Crippen LogP contribution in [0.5, 0.6) is 0 Å². The lowest BCUT2D eigenvalue weighted by molar-refractivity contribution is -0.121. The van der Waals surface area contributed by atoms with Gasteiger partial charge in [-0.3, -0.25) is 9.59 Å². The Bertz CT molecular complexity index is 986. The van der Waals surface area contributed by atoms with Gasteiger partial charge in [-0.05, 0) is 37.3 Å². The van der Waals surface area contributed by atoms with E-state index in [9.17, 15) is 9.59 Å². The number of carbonyl (C=O) groups is 1. The number of thioether (sulfide) groups is 1. The molecule has 0 radical (unpaired) electrons. The Kier molecular flexibility index (Phi) is 5.96. The maximum atomic E-state index is 12.5. The average molecular weight is 388 g/mol. The van der Waals surface area contributed by atoms with E-state index in [1.54, 1.807) is 17.8 Å². The van der Waals surface area contributed by atoms with Gasteiger partial charge in [-0.2, -0.15) is 5.10 Å². The summed E-state index contributed by atoms with van der Waals surface area (Å²) >= 11 is 7.48. The summed E-state index contributed by atoms with van der Waals surface area (Å²) in [6.07, 6.45) is 0. The standard InChI is InChI=1S/C19H18ClN3O2S/c1-13-16-4-2-3-5-17(16)19(25)23(22-13)12-18(24)21-10-11-26-15-8-6-14(20)7-9-15/h2-9H,10-12H2,1H3,(H,21,24). The first kappa shape index (κ1) is 18.5. The van der Waals surface area contributed by atoms with Crippen LogP contribution in [-0.2, 0) is 11.3 Å². The Morgan fingerprint density at radius 2 is 1.85 bits per heavy atom. The van der Waals surface area contributed by atoms with Gasteiger partial charge in [0.1, 0.15) is 6.54 Å². The fourth-order valence-electron chi connectivity index (χ4n) is 2.59. The number of rotatable bonds is 6. The molecule has 1 amide bonds. The quantitative estimate of drug-likeness (QED) is 0.521. The second-order valence-corrected chi connectivity index (χ2v) is 7.35. The number of hydrogen-bond donors (Lipinski definition) is 1. The summed E-state index contributed by atoms with van der Waals surface area (Å²) in [4.78, 5) is 25.7. The van der Waals surface area contributed by atoms with Gasteiger partial charge in [0.15, 0.2) is 0 Å². The Morgan fingerprint density at radius 3 is 2.58 bits per heavy atom. The summed E-state index contributed by atoms with van der Waals surface area (Å²) in [5.41, 5.74) is 0.475. The summed E-state index contributed by atoms with van der Waals surface area (Å²) in [6, 6.07) is 14.8. The molecule has 134 valence electrons. The van der Waals surface area contributed by atoms with E-state index in [4.69, 9.17) is 11.6 Å². The smallest absolute Gasteiger partial charge is 0.275 e. The van der Waals surface area contributed by atoms with Crippen LogP contribution >= 0.6 is 23.4 Å². The molecule has 0 saturated carbocycles. The molecule has 0 aliphatic rings. The largest absolute Gasteiger partial charge is 0.354 e. The summed E-state index contributed by atoms with van der Waals surface area (Å²) in [5, 5.41) is 9.16. The zero-order chi connectivity index (χ0) is 18.5. The molecular formula is C19H18ClN3O2S. The molecule has 0 atom stereocenters. The van der Waals surface area contributed by atoms with E-state index in [1.165, 1.54) is 4.68 Å². The number of carbonyl (C=O) groups excluding carboxylic acids is 1. The van der Waals surface area contributed by atoms with Gasteiger partial charge in [-0.1, -0.05) is 29.8 Å². The molecule has 0 fully saturated rings. The van der Waals surface area contributed by atoms with Crippen LogP contribution in [0.1, 0.15) is 5.69 Å². The second kappa shape index (κ2) is 8.38. The van der Waals surface area contributed by atoms with Crippen molar-refractivity contribution in [1.82, 2.24) is 15.1 Å². The minimum Gasteiger partial charge on any atom is -0.354 e. The molecule has 0 saturated heterocycles.